The normalized spacial score (nSPS) is 41.6. The van der Waals surface area contributed by atoms with Crippen LogP contribution in [0.2, 0.25) is 0 Å². The van der Waals surface area contributed by atoms with Crippen molar-refractivity contribution in [3.8, 4) is 0 Å². The third-order valence-electron chi connectivity index (χ3n) is 3.61. The van der Waals surface area contributed by atoms with Crippen molar-refractivity contribution < 1.29 is 4.79 Å². The fraction of sp³-hybridized carbons (Fsp3) is 0.900. The maximum absolute atomic E-state index is 11.3. The molecule has 1 saturated carbocycles. The minimum absolute atomic E-state index is 0.142. The summed E-state index contributed by atoms with van der Waals surface area (Å²) < 4.78 is 0. The number of hydrogen-bond donors (Lipinski definition) is 2. The summed E-state index contributed by atoms with van der Waals surface area (Å²) >= 11 is 0. The van der Waals surface area contributed by atoms with Crippen molar-refractivity contribution in [3.05, 3.63) is 0 Å². The van der Waals surface area contributed by atoms with Gasteiger partial charge in [-0.2, -0.15) is 0 Å². The van der Waals surface area contributed by atoms with Crippen LogP contribution in [0.3, 0.4) is 0 Å². The van der Waals surface area contributed by atoms with Crippen molar-refractivity contribution in [1.29, 1.82) is 0 Å². The minimum atomic E-state index is 0.142. The first kappa shape index (κ1) is 9.93. The third-order valence-corrected chi connectivity index (χ3v) is 3.61. The Morgan fingerprint density at radius 3 is 2.86 bits per heavy atom. The summed E-state index contributed by atoms with van der Waals surface area (Å²) in [5, 5.41) is 3.06. The predicted octanol–water partition coefficient (Wildman–Crippen LogP) is -0.458. The van der Waals surface area contributed by atoms with Crippen molar-refractivity contribution in [1.82, 2.24) is 10.2 Å². The van der Waals surface area contributed by atoms with E-state index in [0.717, 1.165) is 13.0 Å². The second kappa shape index (κ2) is 3.51. The number of likely N-dealkylation sites (tertiary alicyclic amines) is 1. The number of nitrogens with one attached hydrogen (secondary N) is 1. The molecule has 4 heteroatoms. The monoisotopic (exact) mass is 197 g/mol. The maximum Gasteiger partial charge on any atom is 0.219 e. The molecule has 0 aromatic rings. The second-order valence-electron chi connectivity index (χ2n) is 4.53. The van der Waals surface area contributed by atoms with Gasteiger partial charge in [0.2, 0.25) is 5.91 Å². The van der Waals surface area contributed by atoms with Crippen LogP contribution in [0.25, 0.3) is 0 Å². The van der Waals surface area contributed by atoms with E-state index >= 15 is 0 Å². The molecule has 3 N–H and O–H groups in total. The molecule has 4 nitrogen and oxygen atoms in total. The first-order chi connectivity index (χ1) is 6.63. The first-order valence-electron chi connectivity index (χ1n) is 5.38. The Labute approximate surface area is 84.8 Å². The van der Waals surface area contributed by atoms with Crippen LogP contribution in [0.5, 0.6) is 0 Å². The molecule has 2 aliphatic rings. The Bertz CT molecular complexity index is 244. The highest BCUT2D eigenvalue weighted by Gasteiger charge is 2.49. The lowest BCUT2D eigenvalue weighted by Crippen LogP contribution is -2.51. The molecule has 80 valence electrons. The molecular weight excluding hydrogens is 178 g/mol. The van der Waals surface area contributed by atoms with Crippen molar-refractivity contribution in [2.24, 2.45) is 11.7 Å². The number of fused-ring (bicyclic) bond motifs is 2. The summed E-state index contributed by atoms with van der Waals surface area (Å²) in [7, 11) is 2.09. The zero-order chi connectivity index (χ0) is 10.3. The van der Waals surface area contributed by atoms with Crippen LogP contribution in [-0.2, 0) is 4.79 Å². The molecule has 1 aliphatic heterocycles. The van der Waals surface area contributed by atoms with Crippen LogP contribution in [0.1, 0.15) is 19.8 Å². The van der Waals surface area contributed by atoms with Gasteiger partial charge in [-0.1, -0.05) is 6.92 Å². The zero-order valence-electron chi connectivity index (χ0n) is 8.86. The summed E-state index contributed by atoms with van der Waals surface area (Å²) in [6.45, 7) is 2.97. The average molecular weight is 197 g/mol. The predicted molar refractivity (Wildman–Crippen MR) is 54.7 cm³/mol. The van der Waals surface area contributed by atoms with E-state index in [1.165, 1.54) is 0 Å². The standard InChI is InChI=1S/C10H19N3O/c1-3-8(14)12-7-4-6-5-13(2)10(7)9(6)11/h6-7,9-10H,3-5,11H2,1-2H3,(H,12,14)/t6?,7-,9?,10?/m0/s1. The summed E-state index contributed by atoms with van der Waals surface area (Å²) in [4.78, 5) is 13.6. The van der Waals surface area contributed by atoms with Gasteiger partial charge in [-0.3, -0.25) is 9.69 Å². The number of carbonyl (C=O) groups excluding carboxylic acids is 1. The fourth-order valence-corrected chi connectivity index (χ4v) is 2.91. The smallest absolute Gasteiger partial charge is 0.219 e. The average Bonchev–Trinajstić information content (AvgIpc) is 2.57. The van der Waals surface area contributed by atoms with E-state index in [9.17, 15) is 4.79 Å². The maximum atomic E-state index is 11.3. The van der Waals surface area contributed by atoms with E-state index in [-0.39, 0.29) is 18.0 Å². The number of piperidine rings is 1. The summed E-state index contributed by atoms with van der Waals surface area (Å²) in [5.74, 6) is 0.718. The molecule has 2 rings (SSSR count). The lowest BCUT2D eigenvalue weighted by Gasteiger charge is -2.30. The molecule has 4 atom stereocenters. The van der Waals surface area contributed by atoms with E-state index < -0.39 is 0 Å². The van der Waals surface area contributed by atoms with Crippen LogP contribution in [0.4, 0.5) is 0 Å². The quantitative estimate of drug-likeness (QED) is 0.630. The van der Waals surface area contributed by atoms with Gasteiger partial charge in [-0.15, -0.1) is 0 Å². The molecular formula is C10H19N3O. The molecule has 2 bridgehead atoms. The molecule has 0 spiro atoms. The minimum Gasteiger partial charge on any atom is -0.352 e. The molecule has 0 aromatic carbocycles. The lowest BCUT2D eigenvalue weighted by atomic mass is 10.1. The Kier molecular flexibility index (Phi) is 2.49. The summed E-state index contributed by atoms with van der Waals surface area (Å²) in [6.07, 6.45) is 1.62. The highest BCUT2D eigenvalue weighted by atomic mass is 16.1. The molecule has 1 amide bonds. The number of likely N-dealkylation sites (N-methyl/N-ethyl adjacent to an activating group) is 1. The first-order valence-corrected chi connectivity index (χ1v) is 5.38. The molecule has 0 radical (unpaired) electrons. The van der Waals surface area contributed by atoms with Gasteiger partial charge in [-0.25, -0.2) is 0 Å². The summed E-state index contributed by atoms with van der Waals surface area (Å²) in [6, 6.07) is 0.888. The Morgan fingerprint density at radius 2 is 2.36 bits per heavy atom. The topological polar surface area (TPSA) is 58.4 Å². The fourth-order valence-electron chi connectivity index (χ4n) is 2.91. The Balaban J connectivity index is 2.00. The Morgan fingerprint density at radius 1 is 1.64 bits per heavy atom. The van der Waals surface area contributed by atoms with Crippen molar-refractivity contribution in [2.75, 3.05) is 13.6 Å². The molecule has 14 heavy (non-hydrogen) atoms. The summed E-state index contributed by atoms with van der Waals surface area (Å²) in [5.41, 5.74) is 6.09. The van der Waals surface area contributed by atoms with Gasteiger partial charge in [0, 0.05) is 31.1 Å². The molecule has 1 heterocycles. The van der Waals surface area contributed by atoms with Gasteiger partial charge in [0.1, 0.15) is 0 Å². The van der Waals surface area contributed by atoms with E-state index in [1.54, 1.807) is 0 Å². The van der Waals surface area contributed by atoms with Crippen LogP contribution in [0.15, 0.2) is 0 Å². The number of hydrogen-bond acceptors (Lipinski definition) is 3. The van der Waals surface area contributed by atoms with Gasteiger partial charge < -0.3 is 11.1 Å². The lowest BCUT2D eigenvalue weighted by molar-refractivity contribution is -0.121. The Hall–Kier alpha value is -0.610. The largest absolute Gasteiger partial charge is 0.352 e. The number of nitrogens with two attached hydrogens (primary N) is 1. The second-order valence-corrected chi connectivity index (χ2v) is 4.53. The number of amides is 1. The number of carbonyl (C=O) groups is 1. The molecule has 1 saturated heterocycles. The number of rotatable bonds is 2. The highest BCUT2D eigenvalue weighted by Crippen LogP contribution is 2.35. The van der Waals surface area contributed by atoms with Gasteiger partial charge in [0.05, 0.1) is 0 Å². The molecule has 0 aromatic heterocycles. The van der Waals surface area contributed by atoms with Crippen molar-refractivity contribution in [3.63, 3.8) is 0 Å². The third kappa shape index (κ3) is 1.42. The molecule has 2 fully saturated rings. The highest BCUT2D eigenvalue weighted by molar-refractivity contribution is 5.76. The van der Waals surface area contributed by atoms with E-state index in [4.69, 9.17) is 5.73 Å². The van der Waals surface area contributed by atoms with Crippen LogP contribution < -0.4 is 11.1 Å². The molecule has 3 unspecified atom stereocenters. The van der Waals surface area contributed by atoms with Crippen LogP contribution in [0, 0.1) is 5.92 Å². The zero-order valence-corrected chi connectivity index (χ0v) is 8.86. The van der Waals surface area contributed by atoms with Crippen LogP contribution >= 0.6 is 0 Å². The van der Waals surface area contributed by atoms with E-state index in [1.807, 2.05) is 6.92 Å². The van der Waals surface area contributed by atoms with Crippen molar-refractivity contribution >= 4 is 5.91 Å². The van der Waals surface area contributed by atoms with Gasteiger partial charge >= 0.3 is 0 Å². The van der Waals surface area contributed by atoms with E-state index in [2.05, 4.69) is 17.3 Å². The molecule has 1 aliphatic carbocycles. The SMILES string of the molecule is CCC(=O)N[C@H]1CC2CN(C)C1C2N. The van der Waals surface area contributed by atoms with Gasteiger partial charge in [0.15, 0.2) is 0 Å². The van der Waals surface area contributed by atoms with Crippen LogP contribution in [-0.4, -0.2) is 42.5 Å². The van der Waals surface area contributed by atoms with Gasteiger partial charge in [-0.05, 0) is 19.4 Å². The van der Waals surface area contributed by atoms with Gasteiger partial charge in [0.25, 0.3) is 0 Å². The van der Waals surface area contributed by atoms with Crippen molar-refractivity contribution in [2.45, 2.75) is 37.9 Å². The van der Waals surface area contributed by atoms with E-state index in [0.29, 0.717) is 18.4 Å². The number of nitrogens with zero attached hydrogens (tertiary/aromatic N) is 1.